The van der Waals surface area contributed by atoms with Crippen molar-refractivity contribution in [3.8, 4) is 10.6 Å². The summed E-state index contributed by atoms with van der Waals surface area (Å²) in [6.45, 7) is 6.20. The van der Waals surface area contributed by atoms with Gasteiger partial charge in [-0.3, -0.25) is 4.79 Å². The Morgan fingerprint density at radius 1 is 1.11 bits per heavy atom. The van der Waals surface area contributed by atoms with E-state index in [0.717, 1.165) is 40.9 Å². The van der Waals surface area contributed by atoms with Crippen molar-refractivity contribution in [2.45, 2.75) is 33.2 Å². The standard InChI is InChI=1S/C21H23N5OS/c1-14-12-18(26-10-6-7-11-26)25-17(23-14)13-22-20(27)19-15(2)24-21(28-19)16-8-4-3-5-9-16/h3-5,8-9,12H,6-7,10-11,13H2,1-2H3,(H,22,27). The zero-order chi connectivity index (χ0) is 19.5. The van der Waals surface area contributed by atoms with Crippen molar-refractivity contribution >= 4 is 23.1 Å². The third-order valence-corrected chi connectivity index (χ3v) is 5.95. The number of benzene rings is 1. The van der Waals surface area contributed by atoms with Crippen LogP contribution in [0.5, 0.6) is 0 Å². The first-order chi connectivity index (χ1) is 13.6. The average Bonchev–Trinajstić information content (AvgIpc) is 3.36. The fourth-order valence-electron chi connectivity index (χ4n) is 3.35. The number of hydrogen-bond donors (Lipinski definition) is 1. The van der Waals surface area contributed by atoms with Gasteiger partial charge >= 0.3 is 0 Å². The number of aromatic nitrogens is 3. The molecule has 28 heavy (non-hydrogen) atoms. The van der Waals surface area contributed by atoms with Crippen molar-refractivity contribution in [3.05, 3.63) is 58.5 Å². The number of nitrogens with one attached hydrogen (secondary N) is 1. The van der Waals surface area contributed by atoms with E-state index >= 15 is 0 Å². The lowest BCUT2D eigenvalue weighted by atomic mass is 10.2. The predicted molar refractivity (Wildman–Crippen MR) is 112 cm³/mol. The molecule has 6 nitrogen and oxygen atoms in total. The summed E-state index contributed by atoms with van der Waals surface area (Å²) in [6, 6.07) is 11.9. The van der Waals surface area contributed by atoms with Crippen LogP contribution in [-0.4, -0.2) is 33.9 Å². The Balaban J connectivity index is 1.47. The van der Waals surface area contributed by atoms with E-state index in [0.29, 0.717) is 17.2 Å². The molecular weight excluding hydrogens is 370 g/mol. The van der Waals surface area contributed by atoms with E-state index in [1.165, 1.54) is 24.2 Å². The van der Waals surface area contributed by atoms with Crippen LogP contribution < -0.4 is 10.2 Å². The fraction of sp³-hybridized carbons (Fsp3) is 0.333. The maximum atomic E-state index is 12.7. The highest BCUT2D eigenvalue weighted by Gasteiger charge is 2.18. The first-order valence-corrected chi connectivity index (χ1v) is 10.3. The maximum absolute atomic E-state index is 12.7. The Morgan fingerprint density at radius 3 is 2.61 bits per heavy atom. The summed E-state index contributed by atoms with van der Waals surface area (Å²) in [6.07, 6.45) is 2.40. The summed E-state index contributed by atoms with van der Waals surface area (Å²) in [5.74, 6) is 1.46. The first-order valence-electron chi connectivity index (χ1n) is 9.51. The molecule has 1 aromatic carbocycles. The van der Waals surface area contributed by atoms with E-state index in [2.05, 4.69) is 25.2 Å². The molecule has 7 heteroatoms. The monoisotopic (exact) mass is 393 g/mol. The van der Waals surface area contributed by atoms with E-state index in [1.807, 2.05) is 50.2 Å². The molecule has 1 amide bonds. The molecule has 0 radical (unpaired) electrons. The lowest BCUT2D eigenvalue weighted by Gasteiger charge is -2.17. The van der Waals surface area contributed by atoms with Gasteiger partial charge < -0.3 is 10.2 Å². The van der Waals surface area contributed by atoms with Gasteiger partial charge in [0.05, 0.1) is 12.2 Å². The summed E-state index contributed by atoms with van der Waals surface area (Å²) in [4.78, 5) is 29.3. The molecule has 0 unspecified atom stereocenters. The smallest absolute Gasteiger partial charge is 0.263 e. The van der Waals surface area contributed by atoms with Crippen LogP contribution in [0.2, 0.25) is 0 Å². The van der Waals surface area contributed by atoms with Crippen LogP contribution in [0.3, 0.4) is 0 Å². The van der Waals surface area contributed by atoms with Crippen LogP contribution in [0.15, 0.2) is 36.4 Å². The van der Waals surface area contributed by atoms with Gasteiger partial charge in [0.2, 0.25) is 0 Å². The predicted octanol–water partition coefficient (Wildman–Crippen LogP) is 3.75. The topological polar surface area (TPSA) is 71.0 Å². The molecule has 0 spiro atoms. The third-order valence-electron chi connectivity index (χ3n) is 4.75. The molecular formula is C21H23N5OS. The molecule has 1 aliphatic rings. The lowest BCUT2D eigenvalue weighted by molar-refractivity contribution is 0.0953. The van der Waals surface area contributed by atoms with E-state index in [1.54, 1.807) is 0 Å². The Labute approximate surface area is 168 Å². The van der Waals surface area contributed by atoms with Crippen molar-refractivity contribution in [1.29, 1.82) is 0 Å². The second kappa shape index (κ2) is 8.06. The third kappa shape index (κ3) is 4.04. The molecule has 4 rings (SSSR count). The highest BCUT2D eigenvalue weighted by molar-refractivity contribution is 7.17. The van der Waals surface area contributed by atoms with Crippen molar-refractivity contribution in [1.82, 2.24) is 20.3 Å². The number of anilines is 1. The number of amides is 1. The number of hydrogen-bond acceptors (Lipinski definition) is 6. The van der Waals surface area contributed by atoms with E-state index in [4.69, 9.17) is 0 Å². The minimum absolute atomic E-state index is 0.134. The molecule has 1 fully saturated rings. The summed E-state index contributed by atoms with van der Waals surface area (Å²) >= 11 is 1.41. The molecule has 144 valence electrons. The highest BCUT2D eigenvalue weighted by atomic mass is 32.1. The maximum Gasteiger partial charge on any atom is 0.263 e. The van der Waals surface area contributed by atoms with E-state index < -0.39 is 0 Å². The molecule has 1 aliphatic heterocycles. The number of rotatable bonds is 5. The van der Waals surface area contributed by atoms with Crippen LogP contribution in [0.25, 0.3) is 10.6 Å². The molecule has 3 heterocycles. The van der Waals surface area contributed by atoms with Crippen LogP contribution in [0, 0.1) is 13.8 Å². The van der Waals surface area contributed by atoms with Crippen molar-refractivity contribution in [2.75, 3.05) is 18.0 Å². The largest absolute Gasteiger partial charge is 0.357 e. The van der Waals surface area contributed by atoms with Crippen LogP contribution >= 0.6 is 11.3 Å². The molecule has 1 saturated heterocycles. The Kier molecular flexibility index (Phi) is 5.34. The van der Waals surface area contributed by atoms with Gasteiger partial charge in [-0.2, -0.15) is 0 Å². The molecule has 0 saturated carbocycles. The van der Waals surface area contributed by atoms with Gasteiger partial charge in [0, 0.05) is 30.4 Å². The van der Waals surface area contributed by atoms with Crippen molar-refractivity contribution in [2.24, 2.45) is 0 Å². The van der Waals surface area contributed by atoms with Gasteiger partial charge in [0.15, 0.2) is 0 Å². The van der Waals surface area contributed by atoms with Crippen LogP contribution in [0.1, 0.15) is 39.7 Å². The van der Waals surface area contributed by atoms with Gasteiger partial charge in [-0.05, 0) is 26.7 Å². The fourth-order valence-corrected chi connectivity index (χ4v) is 4.34. The quantitative estimate of drug-likeness (QED) is 0.715. The minimum atomic E-state index is -0.134. The normalized spacial score (nSPS) is 13.7. The number of nitrogens with zero attached hydrogens (tertiary/aromatic N) is 4. The number of thiazole rings is 1. The van der Waals surface area contributed by atoms with Gasteiger partial charge in [-0.1, -0.05) is 30.3 Å². The number of carbonyl (C=O) groups excluding carboxylic acids is 1. The summed E-state index contributed by atoms with van der Waals surface area (Å²) < 4.78 is 0. The zero-order valence-electron chi connectivity index (χ0n) is 16.1. The van der Waals surface area contributed by atoms with Crippen molar-refractivity contribution in [3.63, 3.8) is 0 Å². The second-order valence-corrected chi connectivity index (χ2v) is 7.96. The lowest BCUT2D eigenvalue weighted by Crippen LogP contribution is -2.25. The molecule has 3 aromatic rings. The zero-order valence-corrected chi connectivity index (χ0v) is 16.9. The van der Waals surface area contributed by atoms with Crippen LogP contribution in [-0.2, 0) is 6.54 Å². The van der Waals surface area contributed by atoms with Gasteiger partial charge in [-0.25, -0.2) is 15.0 Å². The SMILES string of the molecule is Cc1cc(N2CCCC2)nc(CNC(=O)c2sc(-c3ccccc3)nc2C)n1. The number of carbonyl (C=O) groups is 1. The van der Waals surface area contributed by atoms with Gasteiger partial charge in [0.25, 0.3) is 5.91 Å². The summed E-state index contributed by atoms with van der Waals surface area (Å²) in [5, 5.41) is 3.81. The molecule has 0 bridgehead atoms. The van der Waals surface area contributed by atoms with E-state index in [9.17, 15) is 4.79 Å². The van der Waals surface area contributed by atoms with Crippen molar-refractivity contribution < 1.29 is 4.79 Å². The Bertz CT molecular complexity index is 980. The van der Waals surface area contributed by atoms with E-state index in [-0.39, 0.29) is 5.91 Å². The van der Waals surface area contributed by atoms with Gasteiger partial charge in [-0.15, -0.1) is 11.3 Å². The summed E-state index contributed by atoms with van der Waals surface area (Å²) in [5.41, 5.74) is 2.68. The van der Waals surface area contributed by atoms with Crippen LogP contribution in [0.4, 0.5) is 5.82 Å². The molecule has 0 atom stereocenters. The Hall–Kier alpha value is -2.80. The Morgan fingerprint density at radius 2 is 1.86 bits per heavy atom. The first kappa shape index (κ1) is 18.6. The average molecular weight is 394 g/mol. The van der Waals surface area contributed by atoms with Gasteiger partial charge in [0.1, 0.15) is 21.5 Å². The minimum Gasteiger partial charge on any atom is -0.357 e. The summed E-state index contributed by atoms with van der Waals surface area (Å²) in [7, 11) is 0. The molecule has 2 aromatic heterocycles. The second-order valence-electron chi connectivity index (χ2n) is 6.96. The molecule has 1 N–H and O–H groups in total. The molecule has 0 aliphatic carbocycles. The number of aryl methyl sites for hydroxylation is 2. The highest BCUT2D eigenvalue weighted by Crippen LogP contribution is 2.27.